The third-order valence-corrected chi connectivity index (χ3v) is 6.44. The van der Waals surface area contributed by atoms with E-state index in [1.165, 1.54) is 21.0 Å². The normalized spacial score (nSPS) is 26.8. The van der Waals surface area contributed by atoms with E-state index in [-0.39, 0.29) is 12.0 Å². The lowest BCUT2D eigenvalue weighted by molar-refractivity contribution is -0.898. The number of aromatic nitrogens is 1. The number of nitrogens with zero attached hydrogens (tertiary/aromatic N) is 1. The molecule has 1 aromatic heterocycles. The van der Waals surface area contributed by atoms with E-state index in [9.17, 15) is 4.79 Å². The molecule has 0 aliphatic carbocycles. The van der Waals surface area contributed by atoms with Crippen LogP contribution in [0.5, 0.6) is 0 Å². The number of benzene rings is 1. The van der Waals surface area contributed by atoms with Gasteiger partial charge in [0.1, 0.15) is 5.01 Å². The number of likely N-dealkylation sites (tertiary alicyclic amines) is 1. The maximum Gasteiger partial charge on any atom is 0.275 e. The fourth-order valence-corrected chi connectivity index (χ4v) is 5.01. The molecule has 1 aromatic carbocycles. The molecule has 2 aliphatic heterocycles. The zero-order valence-electron chi connectivity index (χ0n) is 14.5. The highest BCUT2D eigenvalue weighted by Crippen LogP contribution is 2.30. The smallest absolute Gasteiger partial charge is 0.275 e. The Kier molecular flexibility index (Phi) is 5.29. The summed E-state index contributed by atoms with van der Waals surface area (Å²) < 4.78 is 6.83. The number of hydrogen-bond donors (Lipinski definition) is 2. The summed E-state index contributed by atoms with van der Waals surface area (Å²) in [5.41, 5.74) is 1.10. The van der Waals surface area contributed by atoms with E-state index in [1.54, 1.807) is 0 Å². The van der Waals surface area contributed by atoms with Crippen LogP contribution in [0.4, 0.5) is 0 Å². The van der Waals surface area contributed by atoms with Gasteiger partial charge in [-0.05, 0) is 37.8 Å². The number of quaternary nitrogens is 1. The van der Waals surface area contributed by atoms with Crippen molar-refractivity contribution in [3.8, 4) is 0 Å². The van der Waals surface area contributed by atoms with E-state index in [0.717, 1.165) is 44.5 Å². The lowest BCUT2D eigenvalue weighted by Gasteiger charge is -2.28. The van der Waals surface area contributed by atoms with Crippen LogP contribution in [0.15, 0.2) is 24.3 Å². The average molecular weight is 361 g/mol. The number of hydrogen-bond acceptors (Lipinski definition) is 4. The Bertz CT molecular complexity index is 693. The second kappa shape index (κ2) is 7.81. The molecule has 4 rings (SSSR count). The van der Waals surface area contributed by atoms with Crippen LogP contribution in [0.25, 0.3) is 10.2 Å². The van der Waals surface area contributed by atoms with Crippen molar-refractivity contribution >= 4 is 27.5 Å². The van der Waals surface area contributed by atoms with E-state index in [0.29, 0.717) is 19.0 Å². The van der Waals surface area contributed by atoms with Crippen LogP contribution in [0.3, 0.4) is 0 Å². The molecule has 0 bridgehead atoms. The molecule has 2 saturated heterocycles. The molecule has 25 heavy (non-hydrogen) atoms. The molecule has 2 fully saturated rings. The minimum Gasteiger partial charge on any atom is -0.376 e. The molecule has 1 amide bonds. The Morgan fingerprint density at radius 2 is 2.24 bits per heavy atom. The second-order valence-electron chi connectivity index (χ2n) is 7.18. The number of piperidine rings is 1. The number of para-hydroxylation sites is 1. The summed E-state index contributed by atoms with van der Waals surface area (Å²) in [4.78, 5) is 18.5. The first-order valence-corrected chi connectivity index (χ1v) is 10.2. The first kappa shape index (κ1) is 16.9. The van der Waals surface area contributed by atoms with Crippen molar-refractivity contribution in [1.29, 1.82) is 0 Å². The Labute approximate surface area is 152 Å². The van der Waals surface area contributed by atoms with Gasteiger partial charge < -0.3 is 15.0 Å². The van der Waals surface area contributed by atoms with E-state index in [1.807, 2.05) is 17.4 Å². The molecule has 1 unspecified atom stereocenters. The monoisotopic (exact) mass is 360 g/mol. The van der Waals surface area contributed by atoms with Gasteiger partial charge in [0.2, 0.25) is 0 Å². The first-order chi connectivity index (χ1) is 12.3. The number of rotatable bonds is 5. The number of nitrogens with one attached hydrogen (secondary N) is 2. The van der Waals surface area contributed by atoms with Gasteiger partial charge >= 0.3 is 0 Å². The van der Waals surface area contributed by atoms with Gasteiger partial charge in [0.15, 0.2) is 6.54 Å². The summed E-state index contributed by atoms with van der Waals surface area (Å²) in [5, 5.41) is 4.28. The highest BCUT2D eigenvalue weighted by molar-refractivity contribution is 7.18. The van der Waals surface area contributed by atoms with Crippen molar-refractivity contribution in [3.63, 3.8) is 0 Å². The quantitative estimate of drug-likeness (QED) is 0.846. The number of amides is 1. The van der Waals surface area contributed by atoms with Crippen molar-refractivity contribution in [3.05, 3.63) is 29.3 Å². The molecular formula is C19H26N3O2S+. The van der Waals surface area contributed by atoms with Gasteiger partial charge in [-0.2, -0.15) is 0 Å². The van der Waals surface area contributed by atoms with Crippen LogP contribution < -0.4 is 10.2 Å². The SMILES string of the molecule is O=C(C[NH+]1CCC[C@@H](c2nc3ccccc3s2)C1)NC[C@@H]1CCCO1. The third kappa shape index (κ3) is 4.19. The van der Waals surface area contributed by atoms with Crippen molar-refractivity contribution in [2.75, 3.05) is 32.8 Å². The molecule has 0 spiro atoms. The van der Waals surface area contributed by atoms with Crippen molar-refractivity contribution in [1.82, 2.24) is 10.3 Å². The summed E-state index contributed by atoms with van der Waals surface area (Å²) in [7, 11) is 0. The Hall–Kier alpha value is -1.50. The van der Waals surface area contributed by atoms with E-state index < -0.39 is 0 Å². The maximum atomic E-state index is 12.3. The van der Waals surface area contributed by atoms with Gasteiger partial charge in [-0.15, -0.1) is 11.3 Å². The van der Waals surface area contributed by atoms with Crippen LogP contribution in [-0.2, 0) is 9.53 Å². The van der Waals surface area contributed by atoms with Gasteiger partial charge in [-0.25, -0.2) is 4.98 Å². The predicted octanol–water partition coefficient (Wildman–Crippen LogP) is 1.35. The molecule has 0 saturated carbocycles. The largest absolute Gasteiger partial charge is 0.376 e. The Balaban J connectivity index is 1.31. The summed E-state index contributed by atoms with van der Waals surface area (Å²) in [5.74, 6) is 0.627. The second-order valence-corrected chi connectivity index (χ2v) is 8.24. The molecule has 5 nitrogen and oxygen atoms in total. The molecular weight excluding hydrogens is 334 g/mol. The van der Waals surface area contributed by atoms with E-state index in [4.69, 9.17) is 9.72 Å². The van der Waals surface area contributed by atoms with Crippen molar-refractivity contribution in [2.45, 2.75) is 37.7 Å². The molecule has 2 N–H and O–H groups in total. The van der Waals surface area contributed by atoms with Gasteiger partial charge in [0, 0.05) is 13.2 Å². The van der Waals surface area contributed by atoms with Gasteiger partial charge in [0.25, 0.3) is 5.91 Å². The fourth-order valence-electron chi connectivity index (χ4n) is 3.91. The molecule has 6 heteroatoms. The molecule has 2 aromatic rings. The molecule has 0 radical (unpaired) electrons. The molecule has 134 valence electrons. The minimum absolute atomic E-state index is 0.149. The zero-order chi connectivity index (χ0) is 17.1. The number of carbonyl (C=O) groups excluding carboxylic acids is 1. The first-order valence-electron chi connectivity index (χ1n) is 9.35. The lowest BCUT2D eigenvalue weighted by atomic mass is 9.99. The summed E-state index contributed by atoms with van der Waals surface area (Å²) in [6.07, 6.45) is 4.74. The van der Waals surface area contributed by atoms with Crippen LogP contribution in [0.2, 0.25) is 0 Å². The summed E-state index contributed by atoms with van der Waals surface area (Å²) in [6, 6.07) is 8.34. The van der Waals surface area contributed by atoms with Gasteiger partial charge in [0.05, 0.1) is 35.3 Å². The summed E-state index contributed by atoms with van der Waals surface area (Å²) >= 11 is 1.81. The standard InChI is InChI=1S/C19H25N3O2S/c23-18(20-11-15-6-4-10-24-15)13-22-9-3-5-14(12-22)19-21-16-7-1-2-8-17(16)25-19/h1-2,7-8,14-15H,3-6,9-13H2,(H,20,23)/p+1/t14-,15+/m1/s1. The third-order valence-electron chi connectivity index (χ3n) is 5.24. The van der Waals surface area contributed by atoms with Crippen LogP contribution in [-0.4, -0.2) is 49.8 Å². The highest BCUT2D eigenvalue weighted by Gasteiger charge is 2.28. The number of thiazole rings is 1. The number of fused-ring (bicyclic) bond motifs is 1. The Morgan fingerprint density at radius 1 is 1.32 bits per heavy atom. The maximum absolute atomic E-state index is 12.3. The molecule has 2 aliphatic rings. The van der Waals surface area contributed by atoms with Crippen LogP contribution in [0.1, 0.15) is 36.6 Å². The zero-order valence-corrected chi connectivity index (χ0v) is 15.3. The highest BCUT2D eigenvalue weighted by atomic mass is 32.1. The Morgan fingerprint density at radius 3 is 3.08 bits per heavy atom. The van der Waals surface area contributed by atoms with Gasteiger partial charge in [-0.3, -0.25) is 4.79 Å². The molecule has 3 atom stereocenters. The molecule has 3 heterocycles. The predicted molar refractivity (Wildman–Crippen MR) is 99.1 cm³/mol. The number of carbonyl (C=O) groups is 1. The summed E-state index contributed by atoms with van der Waals surface area (Å²) in [6.45, 7) is 4.14. The van der Waals surface area contributed by atoms with E-state index >= 15 is 0 Å². The van der Waals surface area contributed by atoms with Crippen LogP contribution in [0, 0.1) is 0 Å². The van der Waals surface area contributed by atoms with E-state index in [2.05, 4.69) is 23.5 Å². The topological polar surface area (TPSA) is 55.7 Å². The number of ether oxygens (including phenoxy) is 1. The lowest BCUT2D eigenvalue weighted by Crippen LogP contribution is -3.14. The van der Waals surface area contributed by atoms with Gasteiger partial charge in [-0.1, -0.05) is 12.1 Å². The van der Waals surface area contributed by atoms with Crippen LogP contribution >= 0.6 is 11.3 Å². The van der Waals surface area contributed by atoms with Crippen molar-refractivity contribution < 1.29 is 14.4 Å². The fraction of sp³-hybridized carbons (Fsp3) is 0.579. The van der Waals surface area contributed by atoms with Crippen molar-refractivity contribution in [2.24, 2.45) is 0 Å². The minimum atomic E-state index is 0.149. The average Bonchev–Trinajstić information content (AvgIpc) is 3.29.